The first-order valence-corrected chi connectivity index (χ1v) is 13.9. The molecule has 10 atom stereocenters. The summed E-state index contributed by atoms with van der Waals surface area (Å²) in [5, 5.41) is 0. The topological polar surface area (TPSA) is 69.7 Å². The monoisotopic (exact) mass is 524 g/mol. The van der Waals surface area contributed by atoms with Crippen molar-refractivity contribution in [1.82, 2.24) is 0 Å². The number of ether oxygens (including phenoxy) is 2. The van der Waals surface area contributed by atoms with Crippen LogP contribution in [0.1, 0.15) is 85.5 Å². The number of Topliss-reactive ketones (excluding diaryl/α,β-unsaturated/α-hetero) is 1. The Morgan fingerprint density at radius 3 is 2.48 bits per heavy atom. The van der Waals surface area contributed by atoms with Gasteiger partial charge in [0.15, 0.2) is 0 Å². The van der Waals surface area contributed by atoms with E-state index in [2.05, 4.69) is 36.7 Å². The molecule has 186 valence electrons. The predicted molar refractivity (Wildman–Crippen MR) is 130 cm³/mol. The lowest BCUT2D eigenvalue weighted by Crippen LogP contribution is -2.60. The Kier molecular flexibility index (Phi) is 7.08. The van der Waals surface area contributed by atoms with Crippen LogP contribution in [-0.4, -0.2) is 35.8 Å². The van der Waals surface area contributed by atoms with Crippen molar-refractivity contribution in [3.05, 3.63) is 0 Å². The molecule has 4 fully saturated rings. The third-order valence-electron chi connectivity index (χ3n) is 10.7. The maximum atomic E-state index is 12.5. The molecular formula is C27H41BrO5. The second kappa shape index (κ2) is 9.28. The molecule has 4 rings (SSSR count). The van der Waals surface area contributed by atoms with Gasteiger partial charge in [0.25, 0.3) is 0 Å². The van der Waals surface area contributed by atoms with Crippen molar-refractivity contribution in [2.24, 2.45) is 46.3 Å². The quantitative estimate of drug-likeness (QED) is 0.339. The maximum absolute atomic E-state index is 12.5. The van der Waals surface area contributed by atoms with Crippen LogP contribution >= 0.6 is 15.9 Å². The van der Waals surface area contributed by atoms with E-state index in [0.29, 0.717) is 54.1 Å². The van der Waals surface area contributed by atoms with Crippen LogP contribution in [0, 0.1) is 46.3 Å². The molecule has 0 aromatic heterocycles. The van der Waals surface area contributed by atoms with Gasteiger partial charge in [0.2, 0.25) is 0 Å². The van der Waals surface area contributed by atoms with Gasteiger partial charge in [-0.1, -0.05) is 36.7 Å². The molecule has 0 aromatic rings. The largest absolute Gasteiger partial charge is 0.469 e. The fraction of sp³-hybridized carbons (Fsp3) is 0.889. The summed E-state index contributed by atoms with van der Waals surface area (Å²) in [6.45, 7) is 8.58. The van der Waals surface area contributed by atoms with Crippen LogP contribution in [-0.2, 0) is 23.9 Å². The number of fused-ring (bicyclic) bond motifs is 5. The number of halogens is 1. The van der Waals surface area contributed by atoms with E-state index in [1.165, 1.54) is 20.5 Å². The molecule has 5 nitrogen and oxygen atoms in total. The van der Waals surface area contributed by atoms with E-state index in [9.17, 15) is 14.4 Å². The summed E-state index contributed by atoms with van der Waals surface area (Å²) in [6.07, 6.45) is 8.23. The zero-order valence-electron chi connectivity index (χ0n) is 20.9. The highest BCUT2D eigenvalue weighted by molar-refractivity contribution is 9.10. The SMILES string of the molecule is COC(=O)CC[C@@H](C)[C@@H]1CC[C@@H]2[C@@H]3CC[C@@H]4[C@H](Br)C(=O)CC[C@]4(C)[C@@H]3C[C@H](OC(C)=O)[C@]21C. The third-order valence-corrected chi connectivity index (χ3v) is 11.8. The van der Waals surface area contributed by atoms with E-state index in [1.807, 2.05) is 0 Å². The van der Waals surface area contributed by atoms with Crippen LogP contribution in [0.15, 0.2) is 0 Å². The molecule has 0 saturated heterocycles. The van der Waals surface area contributed by atoms with Crippen molar-refractivity contribution >= 4 is 33.7 Å². The second-order valence-corrected chi connectivity index (χ2v) is 12.9. The van der Waals surface area contributed by atoms with Gasteiger partial charge in [0.05, 0.1) is 11.9 Å². The molecule has 4 aliphatic rings. The fourth-order valence-corrected chi connectivity index (χ4v) is 10.1. The summed E-state index contributed by atoms with van der Waals surface area (Å²) in [6, 6.07) is 0. The van der Waals surface area contributed by atoms with Crippen molar-refractivity contribution in [2.75, 3.05) is 7.11 Å². The van der Waals surface area contributed by atoms with E-state index < -0.39 is 0 Å². The maximum Gasteiger partial charge on any atom is 0.305 e. The minimum Gasteiger partial charge on any atom is -0.469 e. The van der Waals surface area contributed by atoms with Gasteiger partial charge >= 0.3 is 11.9 Å². The van der Waals surface area contributed by atoms with Crippen LogP contribution in [0.3, 0.4) is 0 Å². The smallest absolute Gasteiger partial charge is 0.305 e. The molecule has 0 radical (unpaired) electrons. The summed E-state index contributed by atoms with van der Waals surface area (Å²) < 4.78 is 11.0. The Bertz CT molecular complexity index is 797. The predicted octanol–water partition coefficient (Wildman–Crippen LogP) is 5.72. The molecule has 6 heteroatoms. The molecule has 0 aliphatic heterocycles. The summed E-state index contributed by atoms with van der Waals surface area (Å²) in [4.78, 5) is 36.5. The number of hydrogen-bond donors (Lipinski definition) is 0. The standard InChI is InChI=1S/C27H41BrO5/c1-15(6-11-24(31)32-5)18-9-10-19-17-7-8-20-25(28)22(30)12-13-26(20,3)21(17)14-23(27(18,19)4)33-16(2)29/h15,17-21,23,25H,6-14H2,1-5H3/t15-,17+,18+,19-,20-,21-,23+,25+,26+,27+/m1/s1. The van der Waals surface area contributed by atoms with E-state index in [4.69, 9.17) is 9.47 Å². The van der Waals surface area contributed by atoms with Gasteiger partial charge in [-0.2, -0.15) is 0 Å². The number of methoxy groups -OCH3 is 1. The van der Waals surface area contributed by atoms with E-state index in [0.717, 1.165) is 38.5 Å². The normalized spacial score (nSPS) is 45.4. The molecule has 4 saturated carbocycles. The molecule has 0 amide bonds. The van der Waals surface area contributed by atoms with Crippen LogP contribution in [0.4, 0.5) is 0 Å². The highest BCUT2D eigenvalue weighted by atomic mass is 79.9. The fourth-order valence-electron chi connectivity index (χ4n) is 9.01. The number of esters is 2. The number of ketones is 1. The lowest BCUT2D eigenvalue weighted by Gasteiger charge is -2.62. The third kappa shape index (κ3) is 4.10. The van der Waals surface area contributed by atoms with Gasteiger partial charge in [-0.15, -0.1) is 0 Å². The number of hydrogen-bond acceptors (Lipinski definition) is 5. The van der Waals surface area contributed by atoms with Crippen LogP contribution in [0.25, 0.3) is 0 Å². The van der Waals surface area contributed by atoms with Crippen molar-refractivity contribution in [3.8, 4) is 0 Å². The molecule has 4 aliphatic carbocycles. The van der Waals surface area contributed by atoms with Crippen molar-refractivity contribution in [1.29, 1.82) is 0 Å². The average molecular weight is 526 g/mol. The summed E-state index contributed by atoms with van der Waals surface area (Å²) >= 11 is 3.76. The molecule has 0 spiro atoms. The molecule has 0 unspecified atom stereocenters. The number of rotatable bonds is 5. The highest BCUT2D eigenvalue weighted by Crippen LogP contribution is 2.69. The lowest BCUT2D eigenvalue weighted by atomic mass is 9.43. The Labute approximate surface area is 207 Å². The highest BCUT2D eigenvalue weighted by Gasteiger charge is 2.65. The van der Waals surface area contributed by atoms with Gasteiger partial charge in [0.1, 0.15) is 11.9 Å². The second-order valence-electron chi connectivity index (χ2n) is 11.9. The first-order valence-electron chi connectivity index (χ1n) is 12.9. The zero-order valence-corrected chi connectivity index (χ0v) is 22.5. The first-order chi connectivity index (χ1) is 15.5. The number of carbonyl (C=O) groups is 3. The first kappa shape index (κ1) is 25.2. The summed E-state index contributed by atoms with van der Waals surface area (Å²) in [7, 11) is 1.45. The Hall–Kier alpha value is -0.910. The zero-order chi connectivity index (χ0) is 24.1. The van der Waals surface area contributed by atoms with Gasteiger partial charge in [0, 0.05) is 25.2 Å². The minimum atomic E-state index is -0.194. The lowest BCUT2D eigenvalue weighted by molar-refractivity contribution is -0.192. The summed E-state index contributed by atoms with van der Waals surface area (Å²) in [5.41, 5.74) is 0.0448. The number of carbonyl (C=O) groups excluding carboxylic acids is 3. The number of alkyl halides is 1. The Morgan fingerprint density at radius 2 is 1.82 bits per heavy atom. The van der Waals surface area contributed by atoms with Crippen molar-refractivity contribution in [2.45, 2.75) is 96.4 Å². The molecule has 0 bridgehead atoms. The molecule has 0 aromatic carbocycles. The average Bonchev–Trinajstić information content (AvgIpc) is 3.13. The van der Waals surface area contributed by atoms with Crippen LogP contribution < -0.4 is 0 Å². The molecular weight excluding hydrogens is 484 g/mol. The molecule has 0 heterocycles. The molecule has 0 N–H and O–H groups in total. The molecule has 33 heavy (non-hydrogen) atoms. The Balaban J connectivity index is 1.64. The van der Waals surface area contributed by atoms with Crippen LogP contribution in [0.2, 0.25) is 0 Å². The Morgan fingerprint density at radius 1 is 1.12 bits per heavy atom. The van der Waals surface area contributed by atoms with Crippen molar-refractivity contribution in [3.63, 3.8) is 0 Å². The minimum absolute atomic E-state index is 0.0349. The van der Waals surface area contributed by atoms with E-state index >= 15 is 0 Å². The van der Waals surface area contributed by atoms with Crippen LogP contribution in [0.5, 0.6) is 0 Å². The van der Waals surface area contributed by atoms with Gasteiger partial charge < -0.3 is 9.47 Å². The van der Waals surface area contributed by atoms with Gasteiger partial charge in [-0.3, -0.25) is 14.4 Å². The van der Waals surface area contributed by atoms with E-state index in [-0.39, 0.29) is 33.7 Å². The summed E-state index contributed by atoms with van der Waals surface area (Å²) in [5.74, 6) is 2.82. The van der Waals surface area contributed by atoms with E-state index in [1.54, 1.807) is 0 Å². The van der Waals surface area contributed by atoms with Crippen molar-refractivity contribution < 1.29 is 23.9 Å². The van der Waals surface area contributed by atoms with Gasteiger partial charge in [-0.25, -0.2) is 0 Å². The van der Waals surface area contributed by atoms with Gasteiger partial charge in [-0.05, 0) is 85.9 Å².